The second-order valence-corrected chi connectivity index (χ2v) is 7.84. The monoisotopic (exact) mass is 456 g/mol. The molecule has 0 heterocycles. The fourth-order valence-electron chi connectivity index (χ4n) is 3.95. The standard InChI is InChI=1S/C27H24N2O5/c30-25(28-16-15-26(31)32)14-11-18-9-12-19(13-10-18)29-27(33)34-17-24-22-7-3-1-5-20(22)21-6-2-4-8-23(21)24/h1-14,24H,15-17H2,(H,28,30)(H,29,33)(H,31,32)/b14-11+. The van der Waals surface area contributed by atoms with Crippen LogP contribution in [0.1, 0.15) is 29.0 Å². The molecule has 0 radical (unpaired) electrons. The number of anilines is 1. The molecule has 0 spiro atoms. The summed E-state index contributed by atoms with van der Waals surface area (Å²) in [5.41, 5.74) is 5.98. The summed E-state index contributed by atoms with van der Waals surface area (Å²) in [6, 6.07) is 23.2. The van der Waals surface area contributed by atoms with Crippen molar-refractivity contribution in [2.45, 2.75) is 12.3 Å². The number of hydrogen-bond donors (Lipinski definition) is 3. The Morgan fingerprint density at radius 2 is 1.50 bits per heavy atom. The van der Waals surface area contributed by atoms with Crippen LogP contribution in [0.5, 0.6) is 0 Å². The van der Waals surface area contributed by atoms with Crippen molar-refractivity contribution in [3.63, 3.8) is 0 Å². The van der Waals surface area contributed by atoms with E-state index in [0.29, 0.717) is 5.69 Å². The number of carboxylic acid groups (broad SMARTS) is 1. The second kappa shape index (κ2) is 10.5. The van der Waals surface area contributed by atoms with Gasteiger partial charge in [0.15, 0.2) is 0 Å². The Balaban J connectivity index is 1.30. The van der Waals surface area contributed by atoms with Crippen LogP contribution >= 0.6 is 0 Å². The highest BCUT2D eigenvalue weighted by Crippen LogP contribution is 2.44. The molecule has 7 nitrogen and oxygen atoms in total. The van der Waals surface area contributed by atoms with E-state index in [1.807, 2.05) is 24.3 Å². The summed E-state index contributed by atoms with van der Waals surface area (Å²) in [5, 5.41) is 13.8. The van der Waals surface area contributed by atoms with E-state index in [-0.39, 0.29) is 31.4 Å². The largest absolute Gasteiger partial charge is 0.481 e. The molecular weight excluding hydrogens is 432 g/mol. The van der Waals surface area contributed by atoms with Crippen molar-refractivity contribution in [2.75, 3.05) is 18.5 Å². The Labute approximate surface area is 197 Å². The lowest BCUT2D eigenvalue weighted by Crippen LogP contribution is -2.23. The van der Waals surface area contributed by atoms with Crippen LogP contribution in [-0.2, 0) is 14.3 Å². The first-order valence-corrected chi connectivity index (χ1v) is 10.9. The molecule has 0 saturated carbocycles. The molecule has 0 saturated heterocycles. The van der Waals surface area contributed by atoms with Crippen molar-refractivity contribution in [3.8, 4) is 11.1 Å². The van der Waals surface area contributed by atoms with Gasteiger partial charge in [-0.3, -0.25) is 14.9 Å². The van der Waals surface area contributed by atoms with E-state index in [0.717, 1.165) is 16.7 Å². The Morgan fingerprint density at radius 1 is 0.882 bits per heavy atom. The fourth-order valence-corrected chi connectivity index (χ4v) is 3.95. The molecular formula is C27H24N2O5. The maximum Gasteiger partial charge on any atom is 0.411 e. The van der Waals surface area contributed by atoms with Crippen molar-refractivity contribution in [1.82, 2.24) is 5.32 Å². The predicted octanol–water partition coefficient (Wildman–Crippen LogP) is 4.65. The third kappa shape index (κ3) is 5.50. The molecule has 34 heavy (non-hydrogen) atoms. The number of rotatable bonds is 8. The van der Waals surface area contributed by atoms with Gasteiger partial charge in [-0.05, 0) is 46.0 Å². The van der Waals surface area contributed by atoms with E-state index in [1.54, 1.807) is 30.3 Å². The molecule has 172 valence electrons. The van der Waals surface area contributed by atoms with E-state index >= 15 is 0 Å². The first-order chi connectivity index (χ1) is 16.5. The van der Waals surface area contributed by atoms with Gasteiger partial charge < -0.3 is 15.2 Å². The third-order valence-corrected chi connectivity index (χ3v) is 5.57. The molecule has 0 aromatic heterocycles. The number of fused-ring (bicyclic) bond motifs is 3. The summed E-state index contributed by atoms with van der Waals surface area (Å²) in [6.45, 7) is 0.305. The number of carbonyl (C=O) groups is 3. The summed E-state index contributed by atoms with van der Waals surface area (Å²) in [4.78, 5) is 34.5. The third-order valence-electron chi connectivity index (χ3n) is 5.57. The van der Waals surface area contributed by atoms with Crippen LogP contribution in [-0.4, -0.2) is 36.2 Å². The van der Waals surface area contributed by atoms with Crippen LogP contribution in [0.25, 0.3) is 17.2 Å². The van der Waals surface area contributed by atoms with Gasteiger partial charge in [0.1, 0.15) is 6.61 Å². The lowest BCUT2D eigenvalue weighted by molar-refractivity contribution is -0.136. The summed E-state index contributed by atoms with van der Waals surface area (Å²) in [7, 11) is 0. The first kappa shape index (κ1) is 22.8. The van der Waals surface area contributed by atoms with E-state index in [4.69, 9.17) is 9.84 Å². The smallest absolute Gasteiger partial charge is 0.411 e. The van der Waals surface area contributed by atoms with Crippen LogP contribution in [0.3, 0.4) is 0 Å². The van der Waals surface area contributed by atoms with Crippen LogP contribution in [0, 0.1) is 0 Å². The zero-order valence-electron chi connectivity index (χ0n) is 18.4. The van der Waals surface area contributed by atoms with E-state index in [9.17, 15) is 14.4 Å². The van der Waals surface area contributed by atoms with Crippen LogP contribution in [0.2, 0.25) is 0 Å². The number of benzene rings is 3. The van der Waals surface area contributed by atoms with Gasteiger partial charge in [0.25, 0.3) is 0 Å². The molecule has 0 unspecified atom stereocenters. The lowest BCUT2D eigenvalue weighted by Gasteiger charge is -2.14. The quantitative estimate of drug-likeness (QED) is 0.428. The molecule has 7 heteroatoms. The highest BCUT2D eigenvalue weighted by atomic mass is 16.5. The first-order valence-electron chi connectivity index (χ1n) is 10.9. The molecule has 3 N–H and O–H groups in total. The zero-order chi connectivity index (χ0) is 23.9. The normalized spacial score (nSPS) is 12.1. The number of hydrogen-bond acceptors (Lipinski definition) is 4. The van der Waals surface area contributed by atoms with E-state index in [1.165, 1.54) is 17.2 Å². The van der Waals surface area contributed by atoms with E-state index < -0.39 is 12.1 Å². The lowest BCUT2D eigenvalue weighted by atomic mass is 9.98. The van der Waals surface area contributed by atoms with Gasteiger partial charge >= 0.3 is 12.1 Å². The van der Waals surface area contributed by atoms with Gasteiger partial charge in [-0.2, -0.15) is 0 Å². The molecule has 3 aromatic carbocycles. The Hall–Kier alpha value is -4.39. The minimum Gasteiger partial charge on any atom is -0.481 e. The van der Waals surface area contributed by atoms with Crippen molar-refractivity contribution >= 4 is 29.7 Å². The molecule has 0 atom stereocenters. The van der Waals surface area contributed by atoms with Crippen LogP contribution < -0.4 is 10.6 Å². The van der Waals surface area contributed by atoms with Gasteiger partial charge in [-0.25, -0.2) is 4.79 Å². The maximum atomic E-state index is 12.4. The van der Waals surface area contributed by atoms with Crippen molar-refractivity contribution in [3.05, 3.63) is 95.6 Å². The average Bonchev–Trinajstić information content (AvgIpc) is 3.16. The molecule has 2 amide bonds. The van der Waals surface area contributed by atoms with Gasteiger partial charge in [-0.1, -0.05) is 60.7 Å². The van der Waals surface area contributed by atoms with Crippen molar-refractivity contribution in [1.29, 1.82) is 0 Å². The summed E-state index contributed by atoms with van der Waals surface area (Å²) in [5.74, 6) is -1.35. The Bertz CT molecular complexity index is 1190. The number of carboxylic acids is 1. The number of aliphatic carboxylic acids is 1. The van der Waals surface area contributed by atoms with E-state index in [2.05, 4.69) is 34.9 Å². The van der Waals surface area contributed by atoms with Crippen LogP contribution in [0.15, 0.2) is 78.9 Å². The van der Waals surface area contributed by atoms with Crippen molar-refractivity contribution < 1.29 is 24.2 Å². The topological polar surface area (TPSA) is 105 Å². The molecule has 3 aromatic rings. The molecule has 0 bridgehead atoms. The SMILES string of the molecule is O=C(O)CCNC(=O)/C=C/c1ccc(NC(=O)OCC2c3ccccc3-c3ccccc32)cc1. The minimum absolute atomic E-state index is 0.00712. The average molecular weight is 456 g/mol. The van der Waals surface area contributed by atoms with Crippen molar-refractivity contribution in [2.24, 2.45) is 0 Å². The maximum absolute atomic E-state index is 12.4. The number of carbonyl (C=O) groups excluding carboxylic acids is 2. The van der Waals surface area contributed by atoms with Gasteiger partial charge in [0, 0.05) is 24.2 Å². The summed E-state index contributed by atoms with van der Waals surface area (Å²) < 4.78 is 5.55. The zero-order valence-corrected chi connectivity index (χ0v) is 18.4. The van der Waals surface area contributed by atoms with Gasteiger partial charge in [0.2, 0.25) is 5.91 Å². The van der Waals surface area contributed by atoms with Gasteiger partial charge in [0.05, 0.1) is 6.42 Å². The number of nitrogens with one attached hydrogen (secondary N) is 2. The van der Waals surface area contributed by atoms with Crippen LogP contribution in [0.4, 0.5) is 10.5 Å². The molecule has 0 fully saturated rings. The fraction of sp³-hybridized carbons (Fsp3) is 0.148. The number of amides is 2. The predicted molar refractivity (Wildman–Crippen MR) is 129 cm³/mol. The molecule has 0 aliphatic heterocycles. The Kier molecular flexibility index (Phi) is 7.03. The summed E-state index contributed by atoms with van der Waals surface area (Å²) >= 11 is 0. The minimum atomic E-state index is -0.969. The molecule has 1 aliphatic carbocycles. The highest BCUT2D eigenvalue weighted by molar-refractivity contribution is 5.92. The Morgan fingerprint density at radius 3 is 2.12 bits per heavy atom. The highest BCUT2D eigenvalue weighted by Gasteiger charge is 2.28. The number of ether oxygens (including phenoxy) is 1. The molecule has 1 aliphatic rings. The molecule has 4 rings (SSSR count). The summed E-state index contributed by atoms with van der Waals surface area (Å²) in [6.07, 6.45) is 2.27. The van der Waals surface area contributed by atoms with Gasteiger partial charge in [-0.15, -0.1) is 0 Å². The second-order valence-electron chi connectivity index (χ2n) is 7.84.